The standard InChI is InChI=1S/C28H35N5O/c1-3-25-26(20-30-28(29)27(25)23-11-13-24(31-34)14-12-23)22-9-7-21(8-10-22)6-4-5-15-33-18-16-32(2)17-19-33/h7-14,20H,3-6,15-19H2,1-2H3,(H2,29,30). The molecule has 0 unspecified atom stereocenters. The Balaban J connectivity index is 1.44. The number of anilines is 1. The van der Waals surface area contributed by atoms with Crippen LogP contribution in [0.4, 0.5) is 11.5 Å². The number of hydrogen-bond acceptors (Lipinski definition) is 6. The third-order valence-electron chi connectivity index (χ3n) is 6.88. The lowest BCUT2D eigenvalue weighted by Gasteiger charge is -2.32. The molecule has 0 spiro atoms. The van der Waals surface area contributed by atoms with Crippen LogP contribution in [0.5, 0.6) is 0 Å². The van der Waals surface area contributed by atoms with Gasteiger partial charge >= 0.3 is 0 Å². The van der Waals surface area contributed by atoms with Gasteiger partial charge in [0.05, 0.1) is 0 Å². The first-order chi connectivity index (χ1) is 16.6. The second kappa shape index (κ2) is 11.4. The summed E-state index contributed by atoms with van der Waals surface area (Å²) in [5, 5.41) is 3.00. The number of benzene rings is 2. The molecule has 1 aliphatic rings. The van der Waals surface area contributed by atoms with Gasteiger partial charge in [-0.05, 0) is 78.8 Å². The molecule has 3 aromatic rings. The Bertz CT molecular complexity index is 1090. The maximum absolute atomic E-state index is 10.8. The molecule has 178 valence electrons. The van der Waals surface area contributed by atoms with Crippen molar-refractivity contribution in [3.63, 3.8) is 0 Å². The quantitative estimate of drug-likeness (QED) is 0.338. The van der Waals surface area contributed by atoms with Gasteiger partial charge in [-0.3, -0.25) is 0 Å². The largest absolute Gasteiger partial charge is 0.383 e. The van der Waals surface area contributed by atoms with Gasteiger partial charge in [0, 0.05) is 43.5 Å². The molecule has 0 radical (unpaired) electrons. The summed E-state index contributed by atoms with van der Waals surface area (Å²) in [5.74, 6) is 0.504. The molecular weight excluding hydrogens is 422 g/mol. The maximum Gasteiger partial charge on any atom is 0.131 e. The van der Waals surface area contributed by atoms with Gasteiger partial charge in [0.2, 0.25) is 0 Å². The highest BCUT2D eigenvalue weighted by Gasteiger charge is 2.16. The molecule has 0 aliphatic carbocycles. The molecule has 6 heteroatoms. The van der Waals surface area contributed by atoms with Crippen LogP contribution >= 0.6 is 0 Å². The Morgan fingerprint density at radius 1 is 0.941 bits per heavy atom. The first-order valence-electron chi connectivity index (χ1n) is 12.3. The number of piperazine rings is 1. The van der Waals surface area contributed by atoms with Gasteiger partial charge in [0.15, 0.2) is 0 Å². The average Bonchev–Trinajstić information content (AvgIpc) is 2.88. The second-order valence-electron chi connectivity index (χ2n) is 9.20. The summed E-state index contributed by atoms with van der Waals surface area (Å²) in [6.07, 6.45) is 6.28. The number of aromatic nitrogens is 1. The Labute approximate surface area is 202 Å². The van der Waals surface area contributed by atoms with E-state index in [-0.39, 0.29) is 0 Å². The van der Waals surface area contributed by atoms with E-state index in [0.717, 1.165) is 35.1 Å². The lowest BCUT2D eigenvalue weighted by molar-refractivity contribution is 0.152. The van der Waals surface area contributed by atoms with E-state index in [2.05, 4.69) is 58.2 Å². The van der Waals surface area contributed by atoms with Crippen LogP contribution in [-0.2, 0) is 12.8 Å². The number of aryl methyl sites for hydroxylation is 1. The molecule has 0 bridgehead atoms. The zero-order valence-corrected chi connectivity index (χ0v) is 20.3. The van der Waals surface area contributed by atoms with Crippen molar-refractivity contribution in [2.24, 2.45) is 5.18 Å². The van der Waals surface area contributed by atoms with Gasteiger partial charge in [-0.25, -0.2) is 4.98 Å². The summed E-state index contributed by atoms with van der Waals surface area (Å²) in [5.41, 5.74) is 13.4. The molecule has 2 aromatic carbocycles. The van der Waals surface area contributed by atoms with Crippen molar-refractivity contribution >= 4 is 11.5 Å². The molecule has 1 aromatic heterocycles. The van der Waals surface area contributed by atoms with Crippen LogP contribution in [0.1, 0.15) is 30.9 Å². The Kier molecular flexibility index (Phi) is 8.03. The van der Waals surface area contributed by atoms with Gasteiger partial charge in [-0.15, -0.1) is 4.91 Å². The van der Waals surface area contributed by atoms with Gasteiger partial charge in [0.25, 0.3) is 0 Å². The third kappa shape index (κ3) is 5.69. The highest BCUT2D eigenvalue weighted by molar-refractivity contribution is 5.84. The SMILES string of the molecule is CCc1c(-c2ccc(CCCCN3CCN(C)CC3)cc2)cnc(N)c1-c1ccc(N=O)cc1. The van der Waals surface area contributed by atoms with Crippen LogP contribution < -0.4 is 5.73 Å². The Morgan fingerprint density at radius 3 is 2.26 bits per heavy atom. The van der Waals surface area contributed by atoms with Crippen molar-refractivity contribution in [1.29, 1.82) is 0 Å². The maximum atomic E-state index is 10.8. The number of nitrogen functional groups attached to an aromatic ring is 1. The summed E-state index contributed by atoms with van der Waals surface area (Å²) < 4.78 is 0. The summed E-state index contributed by atoms with van der Waals surface area (Å²) in [7, 11) is 2.20. The molecular formula is C28H35N5O. The normalized spacial score (nSPS) is 14.9. The molecule has 1 aliphatic heterocycles. The van der Waals surface area contributed by atoms with Gasteiger partial charge in [-0.2, -0.15) is 0 Å². The lowest BCUT2D eigenvalue weighted by atomic mass is 9.91. The van der Waals surface area contributed by atoms with Crippen molar-refractivity contribution in [1.82, 2.24) is 14.8 Å². The van der Waals surface area contributed by atoms with E-state index in [1.165, 1.54) is 56.7 Å². The van der Waals surface area contributed by atoms with Crippen molar-refractivity contribution in [2.45, 2.75) is 32.6 Å². The first kappa shape index (κ1) is 24.0. The molecule has 0 saturated carbocycles. The number of hydrogen-bond donors (Lipinski definition) is 1. The fourth-order valence-electron chi connectivity index (χ4n) is 4.78. The van der Waals surface area contributed by atoms with Crippen LogP contribution in [-0.4, -0.2) is 54.6 Å². The van der Waals surface area contributed by atoms with E-state index >= 15 is 0 Å². The number of nitroso groups, excluding NO2 is 1. The molecule has 6 nitrogen and oxygen atoms in total. The van der Waals surface area contributed by atoms with E-state index in [0.29, 0.717) is 11.5 Å². The summed E-state index contributed by atoms with van der Waals surface area (Å²) in [6.45, 7) is 8.10. The fourth-order valence-corrected chi connectivity index (χ4v) is 4.78. The molecule has 2 N–H and O–H groups in total. The first-order valence-corrected chi connectivity index (χ1v) is 12.3. The minimum absolute atomic E-state index is 0.406. The highest BCUT2D eigenvalue weighted by Crippen LogP contribution is 2.36. The zero-order chi connectivity index (χ0) is 23.9. The van der Waals surface area contributed by atoms with Crippen molar-refractivity contribution in [2.75, 3.05) is 45.5 Å². The highest BCUT2D eigenvalue weighted by atomic mass is 16.3. The number of rotatable bonds is 9. The van der Waals surface area contributed by atoms with Crippen molar-refractivity contribution in [3.05, 3.63) is 70.8 Å². The molecule has 0 amide bonds. The van der Waals surface area contributed by atoms with Crippen LogP contribution in [0.2, 0.25) is 0 Å². The number of likely N-dealkylation sites (N-methyl/N-ethyl adjacent to an activating group) is 1. The minimum Gasteiger partial charge on any atom is -0.383 e. The molecule has 34 heavy (non-hydrogen) atoms. The monoisotopic (exact) mass is 457 g/mol. The Hall–Kier alpha value is -3.09. The second-order valence-corrected chi connectivity index (χ2v) is 9.20. The third-order valence-corrected chi connectivity index (χ3v) is 6.88. The van der Waals surface area contributed by atoms with Gasteiger partial charge < -0.3 is 15.5 Å². The zero-order valence-electron chi connectivity index (χ0n) is 20.3. The van der Waals surface area contributed by atoms with Crippen LogP contribution in [0.15, 0.2) is 59.9 Å². The molecule has 1 fully saturated rings. The lowest BCUT2D eigenvalue weighted by Crippen LogP contribution is -2.44. The summed E-state index contributed by atoms with van der Waals surface area (Å²) in [4.78, 5) is 20.3. The van der Waals surface area contributed by atoms with E-state index in [4.69, 9.17) is 5.73 Å². The van der Waals surface area contributed by atoms with Crippen molar-refractivity contribution in [3.8, 4) is 22.3 Å². The molecule has 1 saturated heterocycles. The predicted octanol–water partition coefficient (Wildman–Crippen LogP) is 5.53. The predicted molar refractivity (Wildman–Crippen MR) is 141 cm³/mol. The molecule has 2 heterocycles. The number of pyridine rings is 1. The smallest absolute Gasteiger partial charge is 0.131 e. The molecule has 4 rings (SSSR count). The van der Waals surface area contributed by atoms with Crippen LogP contribution in [0.3, 0.4) is 0 Å². The summed E-state index contributed by atoms with van der Waals surface area (Å²) in [6, 6.07) is 16.1. The number of nitrogens with two attached hydrogens (primary N) is 1. The van der Waals surface area contributed by atoms with Crippen LogP contribution in [0.25, 0.3) is 22.3 Å². The van der Waals surface area contributed by atoms with Gasteiger partial charge in [0.1, 0.15) is 11.5 Å². The van der Waals surface area contributed by atoms with Gasteiger partial charge in [-0.1, -0.05) is 43.3 Å². The summed E-state index contributed by atoms with van der Waals surface area (Å²) >= 11 is 0. The van der Waals surface area contributed by atoms with E-state index in [1.54, 1.807) is 12.1 Å². The topological polar surface area (TPSA) is 74.8 Å². The fraction of sp³-hybridized carbons (Fsp3) is 0.393. The van der Waals surface area contributed by atoms with Crippen LogP contribution in [0, 0.1) is 4.91 Å². The van der Waals surface area contributed by atoms with E-state index in [9.17, 15) is 4.91 Å². The number of unbranched alkanes of at least 4 members (excludes halogenated alkanes) is 1. The van der Waals surface area contributed by atoms with Crippen molar-refractivity contribution < 1.29 is 0 Å². The average molecular weight is 458 g/mol. The molecule has 0 atom stereocenters. The van der Waals surface area contributed by atoms with E-state index in [1.807, 2.05) is 18.3 Å². The Morgan fingerprint density at radius 2 is 1.62 bits per heavy atom. The minimum atomic E-state index is 0.406. The van der Waals surface area contributed by atoms with E-state index < -0.39 is 0 Å². The number of nitrogens with zero attached hydrogens (tertiary/aromatic N) is 4.